The topological polar surface area (TPSA) is 79.0 Å². The normalized spacial score (nSPS) is 15.5. The third-order valence-corrected chi connectivity index (χ3v) is 6.24. The number of rotatable bonds is 9. The van der Waals surface area contributed by atoms with Crippen LogP contribution in [0, 0.1) is 0 Å². The maximum atomic E-state index is 13.2. The Kier molecular flexibility index (Phi) is 7.56. The zero-order valence-corrected chi connectivity index (χ0v) is 19.2. The molecular formula is C23H31N3O4S. The second kappa shape index (κ2) is 10.2. The molecule has 8 heteroatoms. The molecule has 2 aromatic rings. The average Bonchev–Trinajstić information content (AvgIpc) is 3.25. The first-order valence-corrected chi connectivity index (χ1v) is 12.3. The number of methoxy groups -OCH3 is 1. The zero-order chi connectivity index (χ0) is 22.4. The van der Waals surface area contributed by atoms with Gasteiger partial charge in [0.05, 0.1) is 31.5 Å². The van der Waals surface area contributed by atoms with Crippen LogP contribution in [0.2, 0.25) is 0 Å². The highest BCUT2D eigenvalue weighted by Crippen LogP contribution is 2.26. The molecule has 168 valence electrons. The number of anilines is 1. The molecule has 1 heterocycles. The fourth-order valence-corrected chi connectivity index (χ4v) is 4.52. The predicted octanol–water partition coefficient (Wildman–Crippen LogP) is 2.90. The largest absolute Gasteiger partial charge is 0.497 e. The van der Waals surface area contributed by atoms with Crippen molar-refractivity contribution in [2.45, 2.75) is 25.3 Å². The van der Waals surface area contributed by atoms with Gasteiger partial charge in [-0.3, -0.25) is 9.52 Å². The molecule has 2 aromatic carbocycles. The van der Waals surface area contributed by atoms with Crippen LogP contribution in [0.25, 0.3) is 0 Å². The number of likely N-dealkylation sites (N-methyl/N-ethyl adjacent to an activating group) is 1. The number of hydrogen-bond acceptors (Lipinski definition) is 5. The van der Waals surface area contributed by atoms with Gasteiger partial charge in [0.2, 0.25) is 15.9 Å². The Morgan fingerprint density at radius 1 is 1.13 bits per heavy atom. The van der Waals surface area contributed by atoms with Crippen molar-refractivity contribution in [3.8, 4) is 5.75 Å². The van der Waals surface area contributed by atoms with E-state index < -0.39 is 10.0 Å². The summed E-state index contributed by atoms with van der Waals surface area (Å²) in [5.74, 6) is 0.709. The molecule has 31 heavy (non-hydrogen) atoms. The molecule has 0 aromatic heterocycles. The van der Waals surface area contributed by atoms with E-state index in [1.165, 1.54) is 12.8 Å². The van der Waals surface area contributed by atoms with Crippen molar-refractivity contribution >= 4 is 21.6 Å². The first-order chi connectivity index (χ1) is 14.8. The van der Waals surface area contributed by atoms with Gasteiger partial charge >= 0.3 is 0 Å². The number of ether oxygens (including phenoxy) is 1. The van der Waals surface area contributed by atoms with Crippen LogP contribution >= 0.6 is 0 Å². The SMILES string of the molecule is COc1ccc([C@@H](CN2CCCC2)N(C)C(=O)Cc2ccccc2NS(C)(=O)=O)cc1. The quantitative estimate of drug-likeness (QED) is 0.642. The molecule has 0 unspecified atom stereocenters. The Balaban J connectivity index is 1.81. The van der Waals surface area contributed by atoms with Crippen LogP contribution in [0.1, 0.15) is 30.0 Å². The van der Waals surface area contributed by atoms with E-state index in [1.54, 1.807) is 36.3 Å². The maximum absolute atomic E-state index is 13.2. The van der Waals surface area contributed by atoms with Gasteiger partial charge in [-0.15, -0.1) is 0 Å². The molecule has 1 amide bonds. The van der Waals surface area contributed by atoms with Gasteiger partial charge < -0.3 is 14.5 Å². The second-order valence-corrected chi connectivity index (χ2v) is 9.76. The Morgan fingerprint density at radius 2 is 1.77 bits per heavy atom. The van der Waals surface area contributed by atoms with Gasteiger partial charge in [-0.05, 0) is 55.3 Å². The standard InChI is InChI=1S/C23H31N3O4S/c1-25(23(27)16-19-8-4-5-9-21(19)24-31(3,28)29)22(17-26-14-6-7-15-26)18-10-12-20(30-2)13-11-18/h4-5,8-13,22,24H,6-7,14-17H2,1-3H3/t22-/m1/s1. The maximum Gasteiger partial charge on any atom is 0.229 e. The lowest BCUT2D eigenvalue weighted by molar-refractivity contribution is -0.131. The summed E-state index contributed by atoms with van der Waals surface area (Å²) in [6, 6.07) is 14.7. The van der Waals surface area contributed by atoms with E-state index >= 15 is 0 Å². The molecule has 1 saturated heterocycles. The molecule has 1 aliphatic rings. The van der Waals surface area contributed by atoms with Crippen LogP contribution in [0.3, 0.4) is 0 Å². The second-order valence-electron chi connectivity index (χ2n) is 8.01. The van der Waals surface area contributed by atoms with Gasteiger partial charge in [0.1, 0.15) is 5.75 Å². The van der Waals surface area contributed by atoms with E-state index in [-0.39, 0.29) is 18.4 Å². The molecule has 1 aliphatic heterocycles. The van der Waals surface area contributed by atoms with Gasteiger partial charge in [0.15, 0.2) is 0 Å². The minimum atomic E-state index is -3.43. The minimum Gasteiger partial charge on any atom is -0.497 e. The molecule has 0 bridgehead atoms. The Morgan fingerprint density at radius 3 is 2.39 bits per heavy atom. The predicted molar refractivity (Wildman–Crippen MR) is 123 cm³/mol. The highest BCUT2D eigenvalue weighted by atomic mass is 32.2. The van der Waals surface area contributed by atoms with Crippen molar-refractivity contribution in [2.24, 2.45) is 0 Å². The van der Waals surface area contributed by atoms with Gasteiger partial charge in [-0.2, -0.15) is 0 Å². The lowest BCUT2D eigenvalue weighted by atomic mass is 10.0. The third kappa shape index (κ3) is 6.45. The van der Waals surface area contributed by atoms with E-state index in [1.807, 2.05) is 31.3 Å². The number of nitrogens with one attached hydrogen (secondary N) is 1. The molecule has 0 spiro atoms. The number of benzene rings is 2. The lowest BCUT2D eigenvalue weighted by Crippen LogP contribution is -2.39. The summed E-state index contributed by atoms with van der Waals surface area (Å²) in [4.78, 5) is 17.4. The van der Waals surface area contributed by atoms with Crippen LogP contribution in [0.4, 0.5) is 5.69 Å². The van der Waals surface area contributed by atoms with Crippen LogP contribution in [-0.4, -0.2) is 64.2 Å². The molecule has 0 aliphatic carbocycles. The third-order valence-electron chi connectivity index (χ3n) is 5.65. The highest BCUT2D eigenvalue weighted by Gasteiger charge is 2.26. The number of hydrogen-bond donors (Lipinski definition) is 1. The number of nitrogens with zero attached hydrogens (tertiary/aromatic N) is 2. The van der Waals surface area contributed by atoms with Crippen LogP contribution < -0.4 is 9.46 Å². The number of sulfonamides is 1. The van der Waals surface area contributed by atoms with E-state index in [2.05, 4.69) is 9.62 Å². The van der Waals surface area contributed by atoms with Crippen molar-refractivity contribution < 1.29 is 17.9 Å². The molecule has 0 radical (unpaired) electrons. The molecule has 7 nitrogen and oxygen atoms in total. The number of likely N-dealkylation sites (tertiary alicyclic amines) is 1. The fourth-order valence-electron chi connectivity index (χ4n) is 3.92. The van der Waals surface area contributed by atoms with Gasteiger partial charge in [-0.25, -0.2) is 8.42 Å². The number of carbonyl (C=O) groups is 1. The molecule has 1 atom stereocenters. The monoisotopic (exact) mass is 445 g/mol. The van der Waals surface area contributed by atoms with Crippen molar-refractivity contribution in [1.29, 1.82) is 0 Å². The summed E-state index contributed by atoms with van der Waals surface area (Å²) in [7, 11) is 0.0218. The van der Waals surface area contributed by atoms with E-state index in [4.69, 9.17) is 4.74 Å². The van der Waals surface area contributed by atoms with Gasteiger partial charge in [0.25, 0.3) is 0 Å². The summed E-state index contributed by atoms with van der Waals surface area (Å²) in [5.41, 5.74) is 2.14. The molecular weight excluding hydrogens is 414 g/mol. The van der Waals surface area contributed by atoms with Crippen molar-refractivity contribution in [1.82, 2.24) is 9.80 Å². The Labute approximate surface area is 185 Å². The Bertz CT molecular complexity index is 986. The van der Waals surface area contributed by atoms with Crippen LogP contribution in [0.15, 0.2) is 48.5 Å². The van der Waals surface area contributed by atoms with E-state index in [0.29, 0.717) is 11.3 Å². The molecule has 1 fully saturated rings. The summed E-state index contributed by atoms with van der Waals surface area (Å²) in [5, 5.41) is 0. The first kappa shape index (κ1) is 23.1. The van der Waals surface area contributed by atoms with Crippen LogP contribution in [0.5, 0.6) is 5.75 Å². The van der Waals surface area contributed by atoms with E-state index in [0.717, 1.165) is 37.2 Å². The summed E-state index contributed by atoms with van der Waals surface area (Å²) in [6.07, 6.45) is 3.57. The molecule has 0 saturated carbocycles. The molecule has 3 rings (SSSR count). The number of para-hydroxylation sites is 1. The Hall–Kier alpha value is -2.58. The highest BCUT2D eigenvalue weighted by molar-refractivity contribution is 7.92. The smallest absolute Gasteiger partial charge is 0.229 e. The number of amides is 1. The lowest BCUT2D eigenvalue weighted by Gasteiger charge is -2.32. The summed E-state index contributed by atoms with van der Waals surface area (Å²) < 4.78 is 31.2. The van der Waals surface area contributed by atoms with E-state index in [9.17, 15) is 13.2 Å². The van der Waals surface area contributed by atoms with Crippen molar-refractivity contribution in [3.05, 3.63) is 59.7 Å². The fraction of sp³-hybridized carbons (Fsp3) is 0.435. The van der Waals surface area contributed by atoms with Crippen molar-refractivity contribution in [2.75, 3.05) is 44.8 Å². The van der Waals surface area contributed by atoms with Crippen LogP contribution in [-0.2, 0) is 21.2 Å². The first-order valence-electron chi connectivity index (χ1n) is 10.4. The summed E-state index contributed by atoms with van der Waals surface area (Å²) >= 11 is 0. The summed E-state index contributed by atoms with van der Waals surface area (Å²) in [6.45, 7) is 2.84. The zero-order valence-electron chi connectivity index (χ0n) is 18.4. The average molecular weight is 446 g/mol. The number of carbonyl (C=O) groups excluding carboxylic acids is 1. The van der Waals surface area contributed by atoms with Gasteiger partial charge in [0, 0.05) is 13.6 Å². The van der Waals surface area contributed by atoms with Gasteiger partial charge in [-0.1, -0.05) is 30.3 Å². The molecule has 1 N–H and O–H groups in total. The van der Waals surface area contributed by atoms with Crippen molar-refractivity contribution in [3.63, 3.8) is 0 Å². The minimum absolute atomic E-state index is 0.0669.